The van der Waals surface area contributed by atoms with Crippen molar-refractivity contribution in [2.45, 2.75) is 0 Å². The first-order valence-electron chi connectivity index (χ1n) is 4.98. The SMILES string of the molecule is O=C(Nc1cc(Br)ccc1F)c1ncccc1O. The van der Waals surface area contributed by atoms with Gasteiger partial charge in [-0.15, -0.1) is 0 Å². The molecule has 0 saturated heterocycles. The molecule has 1 heterocycles. The van der Waals surface area contributed by atoms with E-state index in [4.69, 9.17) is 0 Å². The highest BCUT2D eigenvalue weighted by Crippen LogP contribution is 2.21. The normalized spacial score (nSPS) is 10.1. The number of benzene rings is 1. The van der Waals surface area contributed by atoms with Crippen LogP contribution in [0.15, 0.2) is 41.0 Å². The summed E-state index contributed by atoms with van der Waals surface area (Å²) < 4.78 is 14.1. The Morgan fingerprint density at radius 1 is 1.39 bits per heavy atom. The molecule has 0 saturated carbocycles. The number of nitrogens with one attached hydrogen (secondary N) is 1. The van der Waals surface area contributed by atoms with Gasteiger partial charge in [-0.2, -0.15) is 0 Å². The Morgan fingerprint density at radius 2 is 2.17 bits per heavy atom. The minimum atomic E-state index is -0.676. The average Bonchev–Trinajstić information content (AvgIpc) is 2.34. The van der Waals surface area contributed by atoms with Crippen molar-refractivity contribution in [2.75, 3.05) is 5.32 Å². The summed E-state index contributed by atoms with van der Waals surface area (Å²) >= 11 is 3.17. The lowest BCUT2D eigenvalue weighted by atomic mass is 10.2. The first kappa shape index (κ1) is 12.5. The van der Waals surface area contributed by atoms with Gasteiger partial charge in [0, 0.05) is 10.7 Å². The first-order chi connectivity index (χ1) is 8.58. The smallest absolute Gasteiger partial charge is 0.278 e. The standard InChI is InChI=1S/C12H8BrFN2O2/c13-7-3-4-8(14)9(6-7)16-12(18)11-10(17)2-1-5-15-11/h1-6,17H,(H,16,18). The second-order valence-electron chi connectivity index (χ2n) is 3.45. The summed E-state index contributed by atoms with van der Waals surface area (Å²) in [7, 11) is 0. The fourth-order valence-electron chi connectivity index (χ4n) is 1.35. The fraction of sp³-hybridized carbons (Fsp3) is 0. The number of nitrogens with zero attached hydrogens (tertiary/aromatic N) is 1. The summed E-state index contributed by atoms with van der Waals surface area (Å²) in [6.45, 7) is 0. The molecule has 92 valence electrons. The zero-order valence-corrected chi connectivity index (χ0v) is 10.6. The number of rotatable bonds is 2. The van der Waals surface area contributed by atoms with E-state index in [9.17, 15) is 14.3 Å². The van der Waals surface area contributed by atoms with Crippen molar-refractivity contribution in [1.29, 1.82) is 0 Å². The van der Waals surface area contributed by atoms with Gasteiger partial charge in [0.2, 0.25) is 0 Å². The number of hydrogen-bond acceptors (Lipinski definition) is 3. The summed E-state index contributed by atoms with van der Waals surface area (Å²) in [6.07, 6.45) is 1.37. The number of carbonyl (C=O) groups excluding carboxylic acids is 1. The van der Waals surface area contributed by atoms with Gasteiger partial charge in [-0.05, 0) is 30.3 Å². The van der Waals surface area contributed by atoms with Crippen LogP contribution in [0, 0.1) is 5.82 Å². The van der Waals surface area contributed by atoms with E-state index in [0.717, 1.165) is 0 Å². The van der Waals surface area contributed by atoms with Crippen LogP contribution in [0.3, 0.4) is 0 Å². The average molecular weight is 311 g/mol. The Balaban J connectivity index is 2.27. The van der Waals surface area contributed by atoms with Gasteiger partial charge in [0.25, 0.3) is 5.91 Å². The zero-order valence-electron chi connectivity index (χ0n) is 9.02. The predicted molar refractivity (Wildman–Crippen MR) is 68.0 cm³/mol. The van der Waals surface area contributed by atoms with Crippen molar-refractivity contribution in [3.63, 3.8) is 0 Å². The van der Waals surface area contributed by atoms with E-state index in [0.29, 0.717) is 4.47 Å². The number of amides is 1. The third kappa shape index (κ3) is 2.65. The van der Waals surface area contributed by atoms with Crippen LogP contribution in [-0.4, -0.2) is 16.0 Å². The van der Waals surface area contributed by atoms with Crippen LogP contribution >= 0.6 is 15.9 Å². The Morgan fingerprint density at radius 3 is 2.89 bits per heavy atom. The topological polar surface area (TPSA) is 62.2 Å². The number of aromatic nitrogens is 1. The van der Waals surface area contributed by atoms with Crippen molar-refractivity contribution < 1.29 is 14.3 Å². The van der Waals surface area contributed by atoms with Crippen LogP contribution < -0.4 is 5.32 Å². The van der Waals surface area contributed by atoms with Gasteiger partial charge < -0.3 is 10.4 Å². The molecule has 0 spiro atoms. The largest absolute Gasteiger partial charge is 0.505 e. The monoisotopic (exact) mass is 310 g/mol. The maximum atomic E-state index is 13.4. The molecule has 2 aromatic rings. The summed E-state index contributed by atoms with van der Waals surface area (Å²) in [6, 6.07) is 6.99. The minimum Gasteiger partial charge on any atom is -0.505 e. The van der Waals surface area contributed by atoms with Gasteiger partial charge in [0.15, 0.2) is 5.69 Å². The molecule has 0 aliphatic rings. The van der Waals surface area contributed by atoms with Gasteiger partial charge in [0.1, 0.15) is 11.6 Å². The van der Waals surface area contributed by atoms with E-state index >= 15 is 0 Å². The molecule has 4 nitrogen and oxygen atoms in total. The van der Waals surface area contributed by atoms with Crippen LogP contribution in [0.5, 0.6) is 5.75 Å². The molecule has 0 atom stereocenters. The maximum Gasteiger partial charge on any atom is 0.278 e. The van der Waals surface area contributed by atoms with E-state index in [-0.39, 0.29) is 17.1 Å². The molecule has 1 aromatic carbocycles. The van der Waals surface area contributed by atoms with Gasteiger partial charge in [0.05, 0.1) is 5.69 Å². The number of carbonyl (C=O) groups is 1. The van der Waals surface area contributed by atoms with Gasteiger partial charge in [-0.25, -0.2) is 9.37 Å². The Bertz CT molecular complexity index is 604. The van der Waals surface area contributed by atoms with E-state index in [1.54, 1.807) is 0 Å². The number of pyridine rings is 1. The molecule has 0 unspecified atom stereocenters. The second-order valence-corrected chi connectivity index (χ2v) is 4.37. The lowest BCUT2D eigenvalue weighted by Crippen LogP contribution is -2.14. The molecule has 2 rings (SSSR count). The van der Waals surface area contributed by atoms with Crippen molar-refractivity contribution in [1.82, 2.24) is 4.98 Å². The van der Waals surface area contributed by atoms with Crippen LogP contribution in [0.2, 0.25) is 0 Å². The van der Waals surface area contributed by atoms with E-state index < -0.39 is 11.7 Å². The maximum absolute atomic E-state index is 13.4. The highest BCUT2D eigenvalue weighted by molar-refractivity contribution is 9.10. The van der Waals surface area contributed by atoms with Crippen LogP contribution in [-0.2, 0) is 0 Å². The fourth-order valence-corrected chi connectivity index (χ4v) is 1.71. The Kier molecular flexibility index (Phi) is 3.57. The molecule has 18 heavy (non-hydrogen) atoms. The van der Waals surface area contributed by atoms with E-state index in [2.05, 4.69) is 26.2 Å². The molecule has 0 bridgehead atoms. The molecule has 0 aliphatic heterocycles. The van der Waals surface area contributed by atoms with Crippen LogP contribution in [0.25, 0.3) is 0 Å². The third-order valence-corrected chi connectivity index (χ3v) is 2.67. The van der Waals surface area contributed by atoms with Crippen molar-refractivity contribution in [3.8, 4) is 5.75 Å². The number of hydrogen-bond donors (Lipinski definition) is 2. The van der Waals surface area contributed by atoms with Crippen molar-refractivity contribution in [2.24, 2.45) is 0 Å². The quantitative estimate of drug-likeness (QED) is 0.896. The molecule has 0 radical (unpaired) electrons. The summed E-state index contributed by atoms with van der Waals surface area (Å²) in [5.41, 5.74) is -0.142. The predicted octanol–water partition coefficient (Wildman–Crippen LogP) is 2.94. The molecular weight excluding hydrogens is 303 g/mol. The molecule has 6 heteroatoms. The lowest BCUT2D eigenvalue weighted by Gasteiger charge is -2.07. The number of aromatic hydroxyl groups is 1. The Labute approximate surface area is 111 Å². The first-order valence-corrected chi connectivity index (χ1v) is 5.77. The van der Waals surface area contributed by atoms with Gasteiger partial charge in [-0.3, -0.25) is 4.79 Å². The molecule has 2 N–H and O–H groups in total. The number of anilines is 1. The molecule has 0 fully saturated rings. The van der Waals surface area contributed by atoms with Gasteiger partial charge in [-0.1, -0.05) is 15.9 Å². The second kappa shape index (κ2) is 5.14. The highest BCUT2D eigenvalue weighted by Gasteiger charge is 2.14. The van der Waals surface area contributed by atoms with Crippen LogP contribution in [0.4, 0.5) is 10.1 Å². The molecule has 1 aromatic heterocycles. The zero-order chi connectivity index (χ0) is 13.1. The molecular formula is C12H8BrFN2O2. The van der Waals surface area contributed by atoms with E-state index in [1.165, 1.54) is 36.5 Å². The van der Waals surface area contributed by atoms with Crippen molar-refractivity contribution >= 4 is 27.5 Å². The number of halogens is 2. The Hall–Kier alpha value is -1.95. The highest BCUT2D eigenvalue weighted by atomic mass is 79.9. The van der Waals surface area contributed by atoms with Gasteiger partial charge >= 0.3 is 0 Å². The molecule has 1 amide bonds. The third-order valence-electron chi connectivity index (χ3n) is 2.18. The summed E-state index contributed by atoms with van der Waals surface area (Å²) in [4.78, 5) is 15.5. The van der Waals surface area contributed by atoms with Crippen molar-refractivity contribution in [3.05, 3.63) is 52.5 Å². The molecule has 0 aliphatic carbocycles. The minimum absolute atomic E-state index is 0.0134. The van der Waals surface area contributed by atoms with Crippen LogP contribution in [0.1, 0.15) is 10.5 Å². The van der Waals surface area contributed by atoms with E-state index in [1.807, 2.05) is 0 Å². The summed E-state index contributed by atoms with van der Waals surface area (Å²) in [5, 5.41) is 11.8. The summed E-state index contributed by atoms with van der Waals surface area (Å²) in [5.74, 6) is -1.50. The lowest BCUT2D eigenvalue weighted by molar-refractivity contribution is 0.101.